The monoisotopic (exact) mass is 248 g/mol. The molecule has 2 aromatic rings. The highest BCUT2D eigenvalue weighted by molar-refractivity contribution is 6.33. The predicted molar refractivity (Wildman–Crippen MR) is 60.5 cm³/mol. The molecule has 5 nitrogen and oxygen atoms in total. The first-order valence-corrected chi connectivity index (χ1v) is 4.93. The smallest absolute Gasteiger partial charge is 0.272 e. The number of hydrogen-bond acceptors (Lipinski definition) is 4. The number of nitrogens with zero attached hydrogens (tertiary/aromatic N) is 2. The van der Waals surface area contributed by atoms with Crippen molar-refractivity contribution in [2.75, 3.05) is 0 Å². The predicted octanol–water partition coefficient (Wildman–Crippen LogP) is 3.38. The third-order valence-electron chi connectivity index (χ3n) is 2.17. The van der Waals surface area contributed by atoms with Crippen molar-refractivity contribution in [1.82, 2.24) is 0 Å². The molecular formula is C11H5ClN2O3. The fourth-order valence-electron chi connectivity index (χ4n) is 1.46. The number of rotatable bonds is 2. The topological polar surface area (TPSA) is 80.1 Å². The van der Waals surface area contributed by atoms with E-state index < -0.39 is 4.92 Å². The molecule has 0 atom stereocenters. The van der Waals surface area contributed by atoms with Crippen LogP contribution in [0.25, 0.3) is 11.3 Å². The van der Waals surface area contributed by atoms with Crippen LogP contribution in [-0.4, -0.2) is 4.92 Å². The molecule has 0 aliphatic carbocycles. The van der Waals surface area contributed by atoms with E-state index in [-0.39, 0.29) is 16.3 Å². The quantitative estimate of drug-likeness (QED) is 0.603. The number of nitro benzene ring substituents is 1. The summed E-state index contributed by atoms with van der Waals surface area (Å²) in [6.07, 6.45) is 1.44. The minimum Gasteiger partial charge on any atom is -0.464 e. The number of benzene rings is 1. The van der Waals surface area contributed by atoms with Gasteiger partial charge in [-0.05, 0) is 12.1 Å². The average Bonchev–Trinajstić information content (AvgIpc) is 2.80. The summed E-state index contributed by atoms with van der Waals surface area (Å²) in [5.74, 6) is 0.404. The van der Waals surface area contributed by atoms with Gasteiger partial charge in [-0.1, -0.05) is 11.6 Å². The summed E-state index contributed by atoms with van der Waals surface area (Å²) in [4.78, 5) is 10.0. The number of nitro groups is 1. The van der Waals surface area contributed by atoms with Crippen LogP contribution in [0.1, 0.15) is 5.56 Å². The maximum absolute atomic E-state index is 10.6. The molecule has 0 fully saturated rings. The Morgan fingerprint density at radius 2 is 2.24 bits per heavy atom. The lowest BCUT2D eigenvalue weighted by Gasteiger charge is -2.03. The molecule has 0 bridgehead atoms. The van der Waals surface area contributed by atoms with Gasteiger partial charge in [-0.15, -0.1) is 0 Å². The average molecular weight is 249 g/mol. The van der Waals surface area contributed by atoms with Crippen LogP contribution >= 0.6 is 11.6 Å². The Balaban J connectivity index is 2.69. The molecule has 0 radical (unpaired) electrons. The zero-order valence-electron chi connectivity index (χ0n) is 8.38. The number of halogens is 1. The zero-order valence-corrected chi connectivity index (χ0v) is 9.14. The summed E-state index contributed by atoms with van der Waals surface area (Å²) in [6.45, 7) is 0. The minimum absolute atomic E-state index is 0.110. The molecule has 1 aromatic carbocycles. The fourth-order valence-corrected chi connectivity index (χ4v) is 1.76. The van der Waals surface area contributed by atoms with E-state index in [4.69, 9.17) is 21.3 Å². The van der Waals surface area contributed by atoms with Crippen molar-refractivity contribution in [3.05, 3.63) is 51.2 Å². The zero-order chi connectivity index (χ0) is 12.4. The lowest BCUT2D eigenvalue weighted by Crippen LogP contribution is -1.92. The molecule has 2 rings (SSSR count). The van der Waals surface area contributed by atoms with Gasteiger partial charge in [0.25, 0.3) is 5.69 Å². The largest absolute Gasteiger partial charge is 0.464 e. The first kappa shape index (κ1) is 11.2. The molecule has 6 heteroatoms. The van der Waals surface area contributed by atoms with Crippen LogP contribution in [-0.2, 0) is 0 Å². The van der Waals surface area contributed by atoms with Gasteiger partial charge in [0.2, 0.25) is 0 Å². The van der Waals surface area contributed by atoms with Gasteiger partial charge in [0.1, 0.15) is 11.8 Å². The van der Waals surface area contributed by atoms with Crippen molar-refractivity contribution in [3.8, 4) is 17.4 Å². The molecule has 0 aliphatic heterocycles. The Kier molecular flexibility index (Phi) is 2.81. The molecule has 1 heterocycles. The van der Waals surface area contributed by atoms with Crippen LogP contribution in [0.2, 0.25) is 5.02 Å². The van der Waals surface area contributed by atoms with Crippen molar-refractivity contribution >= 4 is 17.3 Å². The highest BCUT2D eigenvalue weighted by Gasteiger charge is 2.18. The Morgan fingerprint density at radius 1 is 1.47 bits per heavy atom. The van der Waals surface area contributed by atoms with Gasteiger partial charge in [0.15, 0.2) is 0 Å². The van der Waals surface area contributed by atoms with Crippen LogP contribution in [0.3, 0.4) is 0 Å². The van der Waals surface area contributed by atoms with Crippen LogP contribution < -0.4 is 0 Å². The van der Waals surface area contributed by atoms with Crippen molar-refractivity contribution < 1.29 is 9.34 Å². The van der Waals surface area contributed by atoms with E-state index in [1.165, 1.54) is 18.4 Å². The van der Waals surface area contributed by atoms with E-state index in [1.54, 1.807) is 12.1 Å². The highest BCUT2D eigenvalue weighted by Crippen LogP contribution is 2.34. The van der Waals surface area contributed by atoms with Crippen LogP contribution in [0.4, 0.5) is 5.69 Å². The molecule has 0 spiro atoms. The normalized spacial score (nSPS) is 9.88. The Labute approximate surface area is 101 Å². The van der Waals surface area contributed by atoms with E-state index in [1.807, 2.05) is 6.07 Å². The highest BCUT2D eigenvalue weighted by atomic mass is 35.5. The Bertz CT molecular complexity index is 614. The SMILES string of the molecule is N#Cc1cc([N+](=O)[O-])cc(Cl)c1-c1ccco1. The number of non-ortho nitro benzene ring substituents is 1. The number of hydrogen-bond donors (Lipinski definition) is 0. The number of nitriles is 1. The van der Waals surface area contributed by atoms with Crippen LogP contribution in [0, 0.1) is 21.4 Å². The summed E-state index contributed by atoms with van der Waals surface area (Å²) in [7, 11) is 0. The van der Waals surface area contributed by atoms with Gasteiger partial charge in [-0.25, -0.2) is 0 Å². The standard InChI is InChI=1S/C11H5ClN2O3/c12-9-5-8(14(15)16)4-7(6-13)11(9)10-2-1-3-17-10/h1-5H. The number of furan rings is 1. The first-order valence-electron chi connectivity index (χ1n) is 4.55. The van der Waals surface area contributed by atoms with Gasteiger partial charge in [0, 0.05) is 12.1 Å². The molecule has 0 saturated heterocycles. The van der Waals surface area contributed by atoms with Crippen molar-refractivity contribution in [1.29, 1.82) is 5.26 Å². The van der Waals surface area contributed by atoms with Crippen LogP contribution in [0.5, 0.6) is 0 Å². The lowest BCUT2D eigenvalue weighted by atomic mass is 10.1. The summed E-state index contributed by atoms with van der Waals surface area (Å²) in [5.41, 5.74) is 0.255. The Morgan fingerprint density at radius 3 is 2.76 bits per heavy atom. The lowest BCUT2D eigenvalue weighted by molar-refractivity contribution is -0.384. The minimum atomic E-state index is -0.599. The summed E-state index contributed by atoms with van der Waals surface area (Å²) >= 11 is 5.93. The molecule has 0 amide bonds. The second-order valence-corrected chi connectivity index (χ2v) is 3.60. The van der Waals surface area contributed by atoms with Gasteiger partial charge < -0.3 is 4.42 Å². The molecule has 0 saturated carbocycles. The summed E-state index contributed by atoms with van der Waals surface area (Å²) in [6, 6.07) is 7.52. The molecule has 84 valence electrons. The van der Waals surface area contributed by atoms with Crippen molar-refractivity contribution in [2.24, 2.45) is 0 Å². The van der Waals surface area contributed by atoms with Crippen molar-refractivity contribution in [3.63, 3.8) is 0 Å². The molecule has 17 heavy (non-hydrogen) atoms. The molecule has 0 N–H and O–H groups in total. The van der Waals surface area contributed by atoms with Gasteiger partial charge in [-0.2, -0.15) is 5.26 Å². The second-order valence-electron chi connectivity index (χ2n) is 3.20. The van der Waals surface area contributed by atoms with E-state index in [0.717, 1.165) is 0 Å². The molecule has 1 aromatic heterocycles. The van der Waals surface area contributed by atoms with E-state index in [9.17, 15) is 10.1 Å². The van der Waals surface area contributed by atoms with Gasteiger partial charge in [0.05, 0.1) is 27.3 Å². The third kappa shape index (κ3) is 1.98. The summed E-state index contributed by atoms with van der Waals surface area (Å²) in [5, 5.41) is 19.7. The van der Waals surface area contributed by atoms with Gasteiger partial charge in [-0.3, -0.25) is 10.1 Å². The van der Waals surface area contributed by atoms with Crippen molar-refractivity contribution in [2.45, 2.75) is 0 Å². The van der Waals surface area contributed by atoms with E-state index in [0.29, 0.717) is 11.3 Å². The fraction of sp³-hybridized carbons (Fsp3) is 0. The second kappa shape index (κ2) is 4.28. The maximum atomic E-state index is 10.6. The van der Waals surface area contributed by atoms with E-state index in [2.05, 4.69) is 0 Å². The first-order chi connectivity index (χ1) is 8.13. The molecule has 0 aliphatic rings. The third-order valence-corrected chi connectivity index (χ3v) is 2.47. The Hall–Kier alpha value is -2.32. The van der Waals surface area contributed by atoms with E-state index >= 15 is 0 Å². The molecule has 0 unspecified atom stereocenters. The summed E-state index contributed by atoms with van der Waals surface area (Å²) < 4.78 is 5.14. The van der Waals surface area contributed by atoms with Crippen LogP contribution in [0.15, 0.2) is 34.9 Å². The maximum Gasteiger partial charge on any atom is 0.272 e. The molecular weight excluding hydrogens is 244 g/mol. The van der Waals surface area contributed by atoms with Gasteiger partial charge >= 0.3 is 0 Å².